The SMILES string of the molecule is O=C(Nc1ccccc1)c1cc(S(=O)(=O)NCCc2c[nH]c3ccccc23)ccc1Cl. The Morgan fingerprint density at radius 3 is 2.52 bits per heavy atom. The maximum atomic E-state index is 12.8. The largest absolute Gasteiger partial charge is 0.361 e. The lowest BCUT2D eigenvalue weighted by Gasteiger charge is -2.10. The van der Waals surface area contributed by atoms with Gasteiger partial charge >= 0.3 is 0 Å². The molecule has 0 saturated carbocycles. The number of hydrogen-bond donors (Lipinski definition) is 3. The van der Waals surface area contributed by atoms with Crippen molar-refractivity contribution in [1.82, 2.24) is 9.71 Å². The van der Waals surface area contributed by atoms with Crippen molar-refractivity contribution in [3.8, 4) is 0 Å². The predicted molar refractivity (Wildman–Crippen MR) is 123 cm³/mol. The van der Waals surface area contributed by atoms with Crippen molar-refractivity contribution in [3.05, 3.63) is 95.1 Å². The number of aromatic amines is 1. The minimum atomic E-state index is -3.81. The zero-order valence-corrected chi connectivity index (χ0v) is 18.0. The molecule has 8 heteroatoms. The van der Waals surface area contributed by atoms with Gasteiger partial charge in [-0.3, -0.25) is 4.79 Å². The molecule has 0 fully saturated rings. The first kappa shape index (κ1) is 21.1. The second-order valence-electron chi connectivity index (χ2n) is 6.97. The lowest BCUT2D eigenvalue weighted by atomic mass is 10.1. The number of carbonyl (C=O) groups excluding carboxylic acids is 1. The van der Waals surface area contributed by atoms with Crippen LogP contribution in [0, 0.1) is 0 Å². The van der Waals surface area contributed by atoms with Gasteiger partial charge in [0.1, 0.15) is 0 Å². The van der Waals surface area contributed by atoms with Crippen LogP contribution in [0.4, 0.5) is 5.69 Å². The third-order valence-electron chi connectivity index (χ3n) is 4.89. The molecule has 4 aromatic rings. The van der Waals surface area contributed by atoms with Crippen molar-refractivity contribution in [2.24, 2.45) is 0 Å². The fourth-order valence-electron chi connectivity index (χ4n) is 3.31. The molecule has 0 aliphatic heterocycles. The van der Waals surface area contributed by atoms with Crippen molar-refractivity contribution >= 4 is 44.1 Å². The second kappa shape index (κ2) is 8.93. The van der Waals surface area contributed by atoms with Gasteiger partial charge in [0.05, 0.1) is 15.5 Å². The highest BCUT2D eigenvalue weighted by Gasteiger charge is 2.19. The first-order chi connectivity index (χ1) is 14.9. The lowest BCUT2D eigenvalue weighted by Crippen LogP contribution is -2.26. The molecule has 0 unspecified atom stereocenters. The number of fused-ring (bicyclic) bond motifs is 1. The monoisotopic (exact) mass is 453 g/mol. The summed E-state index contributed by atoms with van der Waals surface area (Å²) in [4.78, 5) is 15.8. The first-order valence-electron chi connectivity index (χ1n) is 9.65. The number of halogens is 1. The molecule has 31 heavy (non-hydrogen) atoms. The van der Waals surface area contributed by atoms with Crippen LogP contribution in [0.15, 0.2) is 83.9 Å². The van der Waals surface area contributed by atoms with E-state index < -0.39 is 15.9 Å². The third-order valence-corrected chi connectivity index (χ3v) is 6.67. The van der Waals surface area contributed by atoms with E-state index in [1.54, 1.807) is 24.3 Å². The molecule has 0 aliphatic rings. The third kappa shape index (κ3) is 4.80. The molecule has 1 aromatic heterocycles. The Bertz CT molecular complexity index is 1330. The molecule has 3 aromatic carbocycles. The van der Waals surface area contributed by atoms with Gasteiger partial charge in [-0.2, -0.15) is 0 Å². The summed E-state index contributed by atoms with van der Waals surface area (Å²) in [5.74, 6) is -0.480. The van der Waals surface area contributed by atoms with E-state index in [1.807, 2.05) is 36.5 Å². The number of aromatic nitrogens is 1. The van der Waals surface area contributed by atoms with Gasteiger partial charge in [-0.1, -0.05) is 48.0 Å². The van der Waals surface area contributed by atoms with E-state index in [1.165, 1.54) is 18.2 Å². The van der Waals surface area contributed by atoms with Crippen molar-refractivity contribution < 1.29 is 13.2 Å². The average Bonchev–Trinajstić information content (AvgIpc) is 3.17. The number of amides is 1. The molecule has 3 N–H and O–H groups in total. The fraction of sp³-hybridized carbons (Fsp3) is 0.0870. The van der Waals surface area contributed by atoms with Gasteiger partial charge in [-0.25, -0.2) is 13.1 Å². The van der Waals surface area contributed by atoms with Crippen LogP contribution < -0.4 is 10.0 Å². The minimum absolute atomic E-state index is 0.0194. The van der Waals surface area contributed by atoms with E-state index >= 15 is 0 Å². The summed E-state index contributed by atoms with van der Waals surface area (Å²) in [6.07, 6.45) is 2.41. The molecule has 0 saturated heterocycles. The van der Waals surface area contributed by atoms with Gasteiger partial charge in [0, 0.05) is 29.3 Å². The Kier molecular flexibility index (Phi) is 6.08. The van der Waals surface area contributed by atoms with Crippen molar-refractivity contribution in [2.45, 2.75) is 11.3 Å². The highest BCUT2D eigenvalue weighted by molar-refractivity contribution is 7.89. The van der Waals surface area contributed by atoms with E-state index in [9.17, 15) is 13.2 Å². The molecule has 0 radical (unpaired) electrons. The number of rotatable bonds is 7. The highest BCUT2D eigenvalue weighted by Crippen LogP contribution is 2.22. The number of para-hydroxylation sites is 2. The predicted octanol–water partition coefficient (Wildman–Crippen LogP) is 4.59. The number of anilines is 1. The number of sulfonamides is 1. The Morgan fingerprint density at radius 2 is 1.71 bits per heavy atom. The van der Waals surface area contributed by atoms with Crippen LogP contribution in [0.1, 0.15) is 15.9 Å². The minimum Gasteiger partial charge on any atom is -0.361 e. The summed E-state index contributed by atoms with van der Waals surface area (Å²) >= 11 is 6.16. The molecule has 1 heterocycles. The van der Waals surface area contributed by atoms with Gasteiger partial charge < -0.3 is 10.3 Å². The summed E-state index contributed by atoms with van der Waals surface area (Å²) in [6.45, 7) is 0.221. The van der Waals surface area contributed by atoms with E-state index in [0.717, 1.165) is 16.5 Å². The molecule has 158 valence electrons. The standard InChI is InChI=1S/C23H20ClN3O3S/c24-21-11-10-18(14-20(21)23(28)27-17-6-2-1-3-7-17)31(29,30)26-13-12-16-15-25-22-9-5-4-8-19(16)22/h1-11,14-15,25-26H,12-13H2,(H,27,28). The molecule has 1 amide bonds. The Balaban J connectivity index is 1.47. The maximum Gasteiger partial charge on any atom is 0.257 e. The summed E-state index contributed by atoms with van der Waals surface area (Å²) in [5, 5.41) is 3.95. The number of carbonyl (C=O) groups is 1. The summed E-state index contributed by atoms with van der Waals surface area (Å²) in [7, 11) is -3.81. The Hall–Kier alpha value is -3.13. The van der Waals surface area contributed by atoms with Gasteiger partial charge in [0.2, 0.25) is 10.0 Å². The van der Waals surface area contributed by atoms with Gasteiger partial charge in [0.25, 0.3) is 5.91 Å². The zero-order chi connectivity index (χ0) is 21.8. The summed E-state index contributed by atoms with van der Waals surface area (Å²) in [5.41, 5.74) is 2.71. The average molecular weight is 454 g/mol. The fourth-order valence-corrected chi connectivity index (χ4v) is 4.57. The molecule has 0 atom stereocenters. The van der Waals surface area contributed by atoms with Gasteiger partial charge in [-0.15, -0.1) is 0 Å². The van der Waals surface area contributed by atoms with Crippen LogP contribution in [0.25, 0.3) is 10.9 Å². The first-order valence-corrected chi connectivity index (χ1v) is 11.5. The van der Waals surface area contributed by atoms with E-state index in [4.69, 9.17) is 11.6 Å². The summed E-state index contributed by atoms with van der Waals surface area (Å²) < 4.78 is 28.1. The van der Waals surface area contributed by atoms with Crippen LogP contribution in [-0.2, 0) is 16.4 Å². The Morgan fingerprint density at radius 1 is 0.968 bits per heavy atom. The normalized spacial score (nSPS) is 11.5. The lowest BCUT2D eigenvalue weighted by molar-refractivity contribution is 0.102. The van der Waals surface area contributed by atoms with Crippen LogP contribution in [0.3, 0.4) is 0 Å². The van der Waals surface area contributed by atoms with Gasteiger partial charge in [0.15, 0.2) is 0 Å². The molecule has 6 nitrogen and oxygen atoms in total. The van der Waals surface area contributed by atoms with Crippen LogP contribution in [0.2, 0.25) is 5.02 Å². The zero-order valence-electron chi connectivity index (χ0n) is 16.4. The smallest absolute Gasteiger partial charge is 0.257 e. The van der Waals surface area contributed by atoms with Crippen LogP contribution >= 0.6 is 11.6 Å². The molecule has 4 rings (SSSR count). The number of H-pyrrole nitrogens is 1. The van der Waals surface area contributed by atoms with E-state index in [2.05, 4.69) is 15.0 Å². The number of nitrogens with one attached hydrogen (secondary N) is 3. The van der Waals surface area contributed by atoms with Crippen LogP contribution in [0.5, 0.6) is 0 Å². The van der Waals surface area contributed by atoms with Crippen molar-refractivity contribution in [1.29, 1.82) is 0 Å². The second-order valence-corrected chi connectivity index (χ2v) is 9.14. The quantitative estimate of drug-likeness (QED) is 0.382. The van der Waals surface area contributed by atoms with Crippen LogP contribution in [-0.4, -0.2) is 25.9 Å². The maximum absolute atomic E-state index is 12.8. The number of benzene rings is 3. The molecular formula is C23H20ClN3O3S. The molecule has 0 aliphatic carbocycles. The highest BCUT2D eigenvalue weighted by atomic mass is 35.5. The topological polar surface area (TPSA) is 91.1 Å². The van der Waals surface area contributed by atoms with Crippen molar-refractivity contribution in [2.75, 3.05) is 11.9 Å². The van der Waals surface area contributed by atoms with E-state index in [-0.39, 0.29) is 22.0 Å². The van der Waals surface area contributed by atoms with Crippen molar-refractivity contribution in [3.63, 3.8) is 0 Å². The summed E-state index contributed by atoms with van der Waals surface area (Å²) in [6, 6.07) is 20.8. The molecule has 0 spiro atoms. The van der Waals surface area contributed by atoms with E-state index in [0.29, 0.717) is 12.1 Å². The molecule has 0 bridgehead atoms. The Labute approximate surface area is 185 Å². The molecular weight excluding hydrogens is 434 g/mol. The number of hydrogen-bond acceptors (Lipinski definition) is 3. The van der Waals surface area contributed by atoms with Gasteiger partial charge in [-0.05, 0) is 48.4 Å².